The van der Waals surface area contributed by atoms with Crippen molar-refractivity contribution in [3.63, 3.8) is 0 Å². The lowest BCUT2D eigenvalue weighted by Crippen LogP contribution is -2.05. The lowest BCUT2D eigenvalue weighted by Gasteiger charge is -2.12. The number of hydrogen-bond acceptors (Lipinski definition) is 1. The van der Waals surface area contributed by atoms with Crippen LogP contribution in [0.15, 0.2) is 12.4 Å². The second-order valence-electron chi connectivity index (χ2n) is 4.11. The van der Waals surface area contributed by atoms with Crippen molar-refractivity contribution in [3.8, 4) is 0 Å². The van der Waals surface area contributed by atoms with Crippen LogP contribution in [0, 0.1) is 5.92 Å². The highest BCUT2D eigenvalue weighted by atomic mass is 79.9. The highest BCUT2D eigenvalue weighted by molar-refractivity contribution is 9.09. The molecule has 0 aliphatic heterocycles. The molecule has 0 aliphatic rings. The predicted octanol–water partition coefficient (Wildman–Crippen LogP) is 3.16. The predicted molar refractivity (Wildman–Crippen MR) is 63.7 cm³/mol. The van der Waals surface area contributed by atoms with E-state index in [2.05, 4.69) is 46.4 Å². The lowest BCUT2D eigenvalue weighted by atomic mass is 10.0. The van der Waals surface area contributed by atoms with Crippen molar-refractivity contribution in [2.45, 2.75) is 37.9 Å². The zero-order valence-corrected chi connectivity index (χ0v) is 10.8. The van der Waals surface area contributed by atoms with Gasteiger partial charge in [0.05, 0.1) is 0 Å². The molecule has 0 saturated heterocycles. The fraction of sp³-hybridized carbons (Fsp3) is 0.727. The average Bonchev–Trinajstić information content (AvgIpc) is 2.46. The van der Waals surface area contributed by atoms with Gasteiger partial charge in [0.1, 0.15) is 5.82 Å². The van der Waals surface area contributed by atoms with Crippen LogP contribution in [0.3, 0.4) is 0 Å². The summed E-state index contributed by atoms with van der Waals surface area (Å²) in [6, 6.07) is 0. The van der Waals surface area contributed by atoms with E-state index in [4.69, 9.17) is 0 Å². The van der Waals surface area contributed by atoms with E-state index in [0.717, 1.165) is 12.3 Å². The molecule has 1 aromatic rings. The number of aryl methyl sites for hydroxylation is 2. The Kier molecular flexibility index (Phi) is 4.66. The van der Waals surface area contributed by atoms with E-state index in [1.807, 2.05) is 12.4 Å². The number of aromatic nitrogens is 2. The monoisotopic (exact) mass is 258 g/mol. The Morgan fingerprint density at radius 3 is 2.71 bits per heavy atom. The van der Waals surface area contributed by atoms with E-state index in [9.17, 15) is 0 Å². The fourth-order valence-corrected chi connectivity index (χ4v) is 2.32. The van der Waals surface area contributed by atoms with Gasteiger partial charge in [-0.1, -0.05) is 29.8 Å². The van der Waals surface area contributed by atoms with Gasteiger partial charge in [-0.15, -0.1) is 0 Å². The first-order valence-corrected chi connectivity index (χ1v) is 6.11. The SMILES string of the molecule is CC(Br)CC(C)CCc1nccn1C. The molecule has 0 fully saturated rings. The number of hydrogen-bond donors (Lipinski definition) is 0. The Labute approximate surface area is 94.9 Å². The minimum absolute atomic E-state index is 0.624. The largest absolute Gasteiger partial charge is 0.338 e. The summed E-state index contributed by atoms with van der Waals surface area (Å²) in [5.41, 5.74) is 0. The second-order valence-corrected chi connectivity index (χ2v) is 5.68. The van der Waals surface area contributed by atoms with Gasteiger partial charge in [-0.3, -0.25) is 0 Å². The Hall–Kier alpha value is -0.310. The van der Waals surface area contributed by atoms with Gasteiger partial charge in [0.2, 0.25) is 0 Å². The van der Waals surface area contributed by atoms with E-state index in [0.29, 0.717) is 4.83 Å². The molecule has 0 aliphatic carbocycles. The first-order chi connectivity index (χ1) is 6.59. The van der Waals surface area contributed by atoms with Gasteiger partial charge < -0.3 is 4.57 Å². The van der Waals surface area contributed by atoms with E-state index >= 15 is 0 Å². The van der Waals surface area contributed by atoms with Crippen molar-refractivity contribution in [2.24, 2.45) is 13.0 Å². The molecule has 0 bridgehead atoms. The topological polar surface area (TPSA) is 17.8 Å². The van der Waals surface area contributed by atoms with Crippen LogP contribution in [0.1, 0.15) is 32.5 Å². The highest BCUT2D eigenvalue weighted by Crippen LogP contribution is 2.17. The lowest BCUT2D eigenvalue weighted by molar-refractivity contribution is 0.485. The number of rotatable bonds is 5. The van der Waals surface area contributed by atoms with Gasteiger partial charge in [-0.25, -0.2) is 4.98 Å². The molecule has 0 saturated carbocycles. The summed E-state index contributed by atoms with van der Waals surface area (Å²) in [5, 5.41) is 0. The minimum Gasteiger partial charge on any atom is -0.338 e. The number of alkyl halides is 1. The smallest absolute Gasteiger partial charge is 0.108 e. The van der Waals surface area contributed by atoms with Crippen LogP contribution in [0.25, 0.3) is 0 Å². The molecule has 2 unspecified atom stereocenters. The van der Waals surface area contributed by atoms with Crippen molar-refractivity contribution in [3.05, 3.63) is 18.2 Å². The van der Waals surface area contributed by atoms with Crippen LogP contribution in [0.2, 0.25) is 0 Å². The van der Waals surface area contributed by atoms with Crippen LogP contribution >= 0.6 is 15.9 Å². The van der Waals surface area contributed by atoms with Crippen molar-refractivity contribution in [2.75, 3.05) is 0 Å². The minimum atomic E-state index is 0.624. The molecular weight excluding hydrogens is 240 g/mol. The van der Waals surface area contributed by atoms with E-state index in [1.165, 1.54) is 18.7 Å². The molecule has 0 N–H and O–H groups in total. The van der Waals surface area contributed by atoms with Crippen molar-refractivity contribution >= 4 is 15.9 Å². The molecule has 3 heteroatoms. The van der Waals surface area contributed by atoms with Crippen LogP contribution < -0.4 is 0 Å². The Morgan fingerprint density at radius 2 is 2.21 bits per heavy atom. The number of halogens is 1. The summed E-state index contributed by atoms with van der Waals surface area (Å²) in [7, 11) is 2.06. The third-order valence-electron chi connectivity index (χ3n) is 2.51. The Morgan fingerprint density at radius 1 is 1.50 bits per heavy atom. The van der Waals surface area contributed by atoms with E-state index in [1.54, 1.807) is 0 Å². The van der Waals surface area contributed by atoms with Crippen molar-refractivity contribution in [1.29, 1.82) is 0 Å². The molecule has 2 nitrogen and oxygen atoms in total. The van der Waals surface area contributed by atoms with Gasteiger partial charge in [-0.05, 0) is 18.8 Å². The highest BCUT2D eigenvalue weighted by Gasteiger charge is 2.07. The maximum atomic E-state index is 4.32. The van der Waals surface area contributed by atoms with Gasteiger partial charge >= 0.3 is 0 Å². The van der Waals surface area contributed by atoms with Gasteiger partial charge in [0.15, 0.2) is 0 Å². The number of imidazole rings is 1. The summed E-state index contributed by atoms with van der Waals surface area (Å²) in [6.45, 7) is 4.51. The zero-order valence-electron chi connectivity index (χ0n) is 9.20. The molecule has 0 amide bonds. The van der Waals surface area contributed by atoms with E-state index in [-0.39, 0.29) is 0 Å². The fourth-order valence-electron chi connectivity index (χ4n) is 1.69. The average molecular weight is 259 g/mol. The molecule has 1 rings (SSSR count). The zero-order chi connectivity index (χ0) is 10.6. The van der Waals surface area contributed by atoms with Gasteiger partial charge in [0, 0.05) is 30.7 Å². The second kappa shape index (κ2) is 5.54. The van der Waals surface area contributed by atoms with Crippen molar-refractivity contribution < 1.29 is 0 Å². The molecule has 0 aromatic carbocycles. The first-order valence-electron chi connectivity index (χ1n) is 5.20. The third-order valence-corrected chi connectivity index (χ3v) is 2.88. The van der Waals surface area contributed by atoms with Crippen LogP contribution in [0.5, 0.6) is 0 Å². The molecule has 80 valence electrons. The Balaban J connectivity index is 2.30. The summed E-state index contributed by atoms with van der Waals surface area (Å²) >= 11 is 3.59. The molecule has 0 radical (unpaired) electrons. The summed E-state index contributed by atoms with van der Waals surface area (Å²) in [4.78, 5) is 4.94. The van der Waals surface area contributed by atoms with Crippen LogP contribution in [0.4, 0.5) is 0 Å². The van der Waals surface area contributed by atoms with E-state index < -0.39 is 0 Å². The van der Waals surface area contributed by atoms with Gasteiger partial charge in [-0.2, -0.15) is 0 Å². The Bertz CT molecular complexity index is 268. The maximum absolute atomic E-state index is 4.32. The molecule has 14 heavy (non-hydrogen) atoms. The summed E-state index contributed by atoms with van der Waals surface area (Å²) in [6.07, 6.45) is 7.43. The third kappa shape index (κ3) is 3.82. The summed E-state index contributed by atoms with van der Waals surface area (Å²) in [5.74, 6) is 1.96. The molecule has 0 spiro atoms. The van der Waals surface area contributed by atoms with Crippen LogP contribution in [-0.2, 0) is 13.5 Å². The van der Waals surface area contributed by atoms with Crippen molar-refractivity contribution in [1.82, 2.24) is 9.55 Å². The maximum Gasteiger partial charge on any atom is 0.108 e. The molecular formula is C11H19BrN2. The van der Waals surface area contributed by atoms with Gasteiger partial charge in [0.25, 0.3) is 0 Å². The summed E-state index contributed by atoms with van der Waals surface area (Å²) < 4.78 is 2.10. The normalized spacial score (nSPS) is 15.4. The molecule has 1 aromatic heterocycles. The molecule has 2 atom stereocenters. The molecule has 1 heterocycles. The van der Waals surface area contributed by atoms with Crippen LogP contribution in [-0.4, -0.2) is 14.4 Å². The quantitative estimate of drug-likeness (QED) is 0.743. The first kappa shape index (κ1) is 11.8. The number of nitrogens with zero attached hydrogens (tertiary/aromatic N) is 2. The standard InChI is InChI=1S/C11H19BrN2/c1-9(8-10(2)12)4-5-11-13-6-7-14(11)3/h6-7,9-10H,4-5,8H2,1-3H3.